The second-order valence-corrected chi connectivity index (χ2v) is 4.84. The smallest absolute Gasteiger partial charge is 0.151 e. The van der Waals surface area contributed by atoms with Crippen LogP contribution in [0.1, 0.15) is 19.8 Å². The van der Waals surface area contributed by atoms with E-state index in [0.29, 0.717) is 22.7 Å². The SMILES string of the molecule is CCN1CCCC(Nc2nc(Cl)ccc2N)C1. The summed E-state index contributed by atoms with van der Waals surface area (Å²) in [7, 11) is 0. The molecule has 1 saturated heterocycles. The minimum atomic E-state index is 0.414. The van der Waals surface area contributed by atoms with Gasteiger partial charge in [-0.05, 0) is 38.1 Å². The lowest BCUT2D eigenvalue weighted by Crippen LogP contribution is -2.42. The van der Waals surface area contributed by atoms with Crippen molar-refractivity contribution in [3.05, 3.63) is 17.3 Å². The third kappa shape index (κ3) is 3.23. The summed E-state index contributed by atoms with van der Waals surface area (Å²) in [4.78, 5) is 6.66. The van der Waals surface area contributed by atoms with Gasteiger partial charge in [0.2, 0.25) is 0 Å². The van der Waals surface area contributed by atoms with Gasteiger partial charge in [0.05, 0.1) is 5.69 Å². The average Bonchev–Trinajstić information content (AvgIpc) is 2.34. The summed E-state index contributed by atoms with van der Waals surface area (Å²) in [6, 6.07) is 3.91. The van der Waals surface area contributed by atoms with Gasteiger partial charge in [-0.25, -0.2) is 4.98 Å². The Hall–Kier alpha value is -1.00. The van der Waals surface area contributed by atoms with E-state index in [1.165, 1.54) is 13.0 Å². The van der Waals surface area contributed by atoms with Gasteiger partial charge >= 0.3 is 0 Å². The highest BCUT2D eigenvalue weighted by molar-refractivity contribution is 6.29. The molecule has 0 bridgehead atoms. The fourth-order valence-corrected chi connectivity index (χ4v) is 2.36. The van der Waals surface area contributed by atoms with Crippen LogP contribution in [0.4, 0.5) is 11.5 Å². The van der Waals surface area contributed by atoms with Crippen molar-refractivity contribution in [3.8, 4) is 0 Å². The lowest BCUT2D eigenvalue weighted by atomic mass is 10.1. The highest BCUT2D eigenvalue weighted by Crippen LogP contribution is 2.21. The number of piperidine rings is 1. The van der Waals surface area contributed by atoms with Crippen LogP contribution in [0.2, 0.25) is 5.15 Å². The molecule has 4 nitrogen and oxygen atoms in total. The molecule has 1 aromatic rings. The van der Waals surface area contributed by atoms with Gasteiger partial charge in [0.25, 0.3) is 0 Å². The number of nitrogens with one attached hydrogen (secondary N) is 1. The van der Waals surface area contributed by atoms with Crippen LogP contribution < -0.4 is 11.1 Å². The zero-order chi connectivity index (χ0) is 12.3. The van der Waals surface area contributed by atoms with Crippen LogP contribution in [0.3, 0.4) is 0 Å². The number of hydrogen-bond acceptors (Lipinski definition) is 4. The van der Waals surface area contributed by atoms with Crippen molar-refractivity contribution in [2.45, 2.75) is 25.8 Å². The quantitative estimate of drug-likeness (QED) is 0.813. The molecule has 0 spiro atoms. The van der Waals surface area contributed by atoms with E-state index < -0.39 is 0 Å². The van der Waals surface area contributed by atoms with Gasteiger partial charge in [0, 0.05) is 12.6 Å². The van der Waals surface area contributed by atoms with Gasteiger partial charge in [-0.15, -0.1) is 0 Å². The van der Waals surface area contributed by atoms with E-state index in [-0.39, 0.29) is 0 Å². The van der Waals surface area contributed by atoms with Crippen molar-refractivity contribution in [1.82, 2.24) is 9.88 Å². The molecule has 1 atom stereocenters. The maximum Gasteiger partial charge on any atom is 0.151 e. The Balaban J connectivity index is 2.02. The van der Waals surface area contributed by atoms with Crippen molar-refractivity contribution in [3.63, 3.8) is 0 Å². The topological polar surface area (TPSA) is 54.2 Å². The maximum atomic E-state index is 5.88. The molecule has 1 aliphatic rings. The van der Waals surface area contributed by atoms with E-state index in [2.05, 4.69) is 22.1 Å². The first-order valence-corrected chi connectivity index (χ1v) is 6.47. The number of anilines is 2. The second-order valence-electron chi connectivity index (χ2n) is 4.45. The summed E-state index contributed by atoms with van der Waals surface area (Å²) in [6.07, 6.45) is 2.37. The highest BCUT2D eigenvalue weighted by atomic mass is 35.5. The van der Waals surface area contributed by atoms with Crippen LogP contribution >= 0.6 is 11.6 Å². The predicted octanol–water partition coefficient (Wildman–Crippen LogP) is 2.21. The van der Waals surface area contributed by atoms with Gasteiger partial charge < -0.3 is 16.0 Å². The number of nitrogens with zero attached hydrogens (tertiary/aromatic N) is 2. The van der Waals surface area contributed by atoms with Crippen LogP contribution in [-0.4, -0.2) is 35.6 Å². The highest BCUT2D eigenvalue weighted by Gasteiger charge is 2.19. The number of rotatable bonds is 3. The molecule has 0 saturated carbocycles. The lowest BCUT2D eigenvalue weighted by Gasteiger charge is -2.32. The molecule has 1 fully saturated rings. The summed E-state index contributed by atoms with van der Waals surface area (Å²) < 4.78 is 0. The molecule has 5 heteroatoms. The van der Waals surface area contributed by atoms with Crippen molar-refractivity contribution >= 4 is 23.1 Å². The predicted molar refractivity (Wildman–Crippen MR) is 72.4 cm³/mol. The second kappa shape index (κ2) is 5.56. The molecule has 17 heavy (non-hydrogen) atoms. The first-order chi connectivity index (χ1) is 8.19. The van der Waals surface area contributed by atoms with E-state index in [9.17, 15) is 0 Å². The number of nitrogens with two attached hydrogens (primary N) is 1. The molecule has 94 valence electrons. The fourth-order valence-electron chi connectivity index (χ4n) is 2.22. The number of likely N-dealkylation sites (N-methyl/N-ethyl adjacent to an activating group) is 1. The third-order valence-corrected chi connectivity index (χ3v) is 3.40. The number of halogens is 1. The minimum absolute atomic E-state index is 0.414. The summed E-state index contributed by atoms with van der Waals surface area (Å²) >= 11 is 5.87. The van der Waals surface area contributed by atoms with Crippen molar-refractivity contribution in [2.24, 2.45) is 0 Å². The van der Waals surface area contributed by atoms with E-state index in [0.717, 1.165) is 19.5 Å². The standard InChI is InChI=1S/C12H19ClN4/c1-2-17-7-3-4-9(8-17)15-12-10(14)5-6-11(13)16-12/h5-6,9H,2-4,7-8,14H2,1H3,(H,15,16). The van der Waals surface area contributed by atoms with E-state index >= 15 is 0 Å². The molecule has 0 radical (unpaired) electrons. The average molecular weight is 255 g/mol. The zero-order valence-corrected chi connectivity index (χ0v) is 10.9. The van der Waals surface area contributed by atoms with Gasteiger partial charge in [0.15, 0.2) is 5.82 Å². The number of likely N-dealkylation sites (tertiary alicyclic amines) is 1. The van der Waals surface area contributed by atoms with Gasteiger partial charge in [-0.1, -0.05) is 18.5 Å². The summed E-state index contributed by atoms with van der Waals surface area (Å²) in [5.41, 5.74) is 6.53. The third-order valence-electron chi connectivity index (χ3n) is 3.19. The molecule has 1 aromatic heterocycles. The monoisotopic (exact) mass is 254 g/mol. The Morgan fingerprint density at radius 2 is 2.41 bits per heavy atom. The van der Waals surface area contributed by atoms with Crippen LogP contribution in [0.5, 0.6) is 0 Å². The largest absolute Gasteiger partial charge is 0.396 e. The lowest BCUT2D eigenvalue weighted by molar-refractivity contribution is 0.226. The molecule has 1 unspecified atom stereocenters. The minimum Gasteiger partial charge on any atom is -0.396 e. The van der Waals surface area contributed by atoms with E-state index in [4.69, 9.17) is 17.3 Å². The molecular weight excluding hydrogens is 236 g/mol. The van der Waals surface area contributed by atoms with E-state index in [1.54, 1.807) is 12.1 Å². The van der Waals surface area contributed by atoms with Crippen LogP contribution in [0.15, 0.2) is 12.1 Å². The first-order valence-electron chi connectivity index (χ1n) is 6.10. The Bertz CT molecular complexity index is 383. The molecule has 0 aromatic carbocycles. The Kier molecular flexibility index (Phi) is 4.07. The molecule has 0 aliphatic carbocycles. The van der Waals surface area contributed by atoms with E-state index in [1.807, 2.05) is 0 Å². The van der Waals surface area contributed by atoms with Crippen molar-refractivity contribution in [1.29, 1.82) is 0 Å². The zero-order valence-electron chi connectivity index (χ0n) is 10.1. The molecule has 2 heterocycles. The summed E-state index contributed by atoms with van der Waals surface area (Å²) in [5.74, 6) is 0.709. The summed E-state index contributed by atoms with van der Waals surface area (Å²) in [5, 5.41) is 3.87. The van der Waals surface area contributed by atoms with Crippen LogP contribution in [0, 0.1) is 0 Å². The molecule has 3 N–H and O–H groups in total. The van der Waals surface area contributed by atoms with Crippen LogP contribution in [-0.2, 0) is 0 Å². The van der Waals surface area contributed by atoms with Crippen molar-refractivity contribution < 1.29 is 0 Å². The first kappa shape index (κ1) is 12.5. The van der Waals surface area contributed by atoms with Crippen molar-refractivity contribution in [2.75, 3.05) is 30.7 Å². The fraction of sp³-hybridized carbons (Fsp3) is 0.583. The molecule has 2 rings (SSSR count). The number of aromatic nitrogens is 1. The number of nitrogen functional groups attached to an aromatic ring is 1. The Morgan fingerprint density at radius 1 is 1.59 bits per heavy atom. The molecular formula is C12H19ClN4. The number of hydrogen-bond donors (Lipinski definition) is 2. The molecule has 0 amide bonds. The van der Waals surface area contributed by atoms with Gasteiger partial charge in [-0.2, -0.15) is 0 Å². The van der Waals surface area contributed by atoms with Gasteiger partial charge in [-0.3, -0.25) is 0 Å². The Labute approximate surface area is 107 Å². The van der Waals surface area contributed by atoms with Crippen LogP contribution in [0.25, 0.3) is 0 Å². The molecule has 1 aliphatic heterocycles. The maximum absolute atomic E-state index is 5.88. The van der Waals surface area contributed by atoms with Gasteiger partial charge in [0.1, 0.15) is 5.15 Å². The number of pyridine rings is 1. The Morgan fingerprint density at radius 3 is 3.18 bits per heavy atom. The summed E-state index contributed by atoms with van der Waals surface area (Å²) in [6.45, 7) is 5.52. The normalized spacial score (nSPS) is 21.4.